The summed E-state index contributed by atoms with van der Waals surface area (Å²) >= 11 is 0. The second kappa shape index (κ2) is 4.09. The smallest absolute Gasteiger partial charge is 0.341 e. The first-order valence-electron chi connectivity index (χ1n) is 5.81. The van der Waals surface area contributed by atoms with Crippen molar-refractivity contribution in [3.63, 3.8) is 0 Å². The Labute approximate surface area is 110 Å². The average molecular weight is 283 g/mol. The molecule has 7 heteroatoms. The number of fused-ring (bicyclic) bond motifs is 1. The Morgan fingerprint density at radius 2 is 1.90 bits per heavy atom. The summed E-state index contributed by atoms with van der Waals surface area (Å²) in [4.78, 5) is 23.0. The van der Waals surface area contributed by atoms with Gasteiger partial charge in [0, 0.05) is 24.1 Å². The van der Waals surface area contributed by atoms with Crippen LogP contribution in [-0.4, -0.2) is 21.8 Å². The van der Waals surface area contributed by atoms with Crippen LogP contribution in [0.2, 0.25) is 0 Å². The molecule has 1 aliphatic carbocycles. The summed E-state index contributed by atoms with van der Waals surface area (Å²) in [6, 6.07) is 0.773. The van der Waals surface area contributed by atoms with Crippen molar-refractivity contribution in [3.8, 4) is 0 Å². The van der Waals surface area contributed by atoms with Crippen molar-refractivity contribution in [3.05, 3.63) is 45.8 Å². The van der Waals surface area contributed by atoms with Gasteiger partial charge in [-0.1, -0.05) is 0 Å². The van der Waals surface area contributed by atoms with Gasteiger partial charge >= 0.3 is 5.97 Å². The molecule has 0 unspecified atom stereocenters. The first-order valence-corrected chi connectivity index (χ1v) is 5.81. The highest BCUT2D eigenvalue weighted by molar-refractivity contribution is 5.92. The number of aromatic nitrogens is 1. The van der Waals surface area contributed by atoms with Crippen molar-refractivity contribution in [2.75, 3.05) is 0 Å². The number of pyridine rings is 1. The lowest BCUT2D eigenvalue weighted by Crippen LogP contribution is -2.19. The molecule has 20 heavy (non-hydrogen) atoms. The zero-order valence-electron chi connectivity index (χ0n) is 9.94. The third-order valence-electron chi connectivity index (χ3n) is 3.34. The highest BCUT2D eigenvalue weighted by Crippen LogP contribution is 2.40. The Balaban J connectivity index is 2.41. The Morgan fingerprint density at radius 1 is 1.30 bits per heavy atom. The summed E-state index contributed by atoms with van der Waals surface area (Å²) in [5, 5.41) is 8.69. The van der Waals surface area contributed by atoms with Gasteiger partial charge in [-0.2, -0.15) is 0 Å². The zero-order valence-corrected chi connectivity index (χ0v) is 9.94. The van der Waals surface area contributed by atoms with Crippen LogP contribution in [-0.2, 0) is 0 Å². The monoisotopic (exact) mass is 283 g/mol. The predicted octanol–water partition coefficient (Wildman–Crippen LogP) is 2.26. The number of alkyl halides is 1. The Hall–Kier alpha value is -2.31. The summed E-state index contributed by atoms with van der Waals surface area (Å²) in [6.07, 6.45) is -0.0552. The van der Waals surface area contributed by atoms with Gasteiger partial charge in [-0.15, -0.1) is 0 Å². The number of carboxylic acids is 1. The summed E-state index contributed by atoms with van der Waals surface area (Å²) in [5.74, 6) is -3.92. The van der Waals surface area contributed by atoms with E-state index in [1.54, 1.807) is 0 Å². The topological polar surface area (TPSA) is 59.3 Å². The lowest BCUT2D eigenvalue weighted by Gasteiger charge is -2.11. The second-order valence-electron chi connectivity index (χ2n) is 4.69. The molecule has 1 fully saturated rings. The van der Waals surface area contributed by atoms with Crippen LogP contribution in [0.4, 0.5) is 13.2 Å². The minimum atomic E-state index is -1.49. The van der Waals surface area contributed by atoms with Gasteiger partial charge in [-0.25, -0.2) is 18.0 Å². The van der Waals surface area contributed by atoms with Gasteiger partial charge < -0.3 is 9.67 Å². The van der Waals surface area contributed by atoms with Gasteiger partial charge in [0.1, 0.15) is 11.7 Å². The number of nitrogens with zero attached hydrogens (tertiary/aromatic N) is 1. The highest BCUT2D eigenvalue weighted by Gasteiger charge is 2.40. The van der Waals surface area contributed by atoms with E-state index in [1.807, 2.05) is 0 Å². The van der Waals surface area contributed by atoms with E-state index in [0.29, 0.717) is 6.07 Å². The molecule has 0 saturated heterocycles. The molecule has 1 aromatic carbocycles. The fraction of sp³-hybridized carbons (Fsp3) is 0.231. The lowest BCUT2D eigenvalue weighted by atomic mass is 10.1. The van der Waals surface area contributed by atoms with E-state index >= 15 is 0 Å². The number of hydrogen-bond acceptors (Lipinski definition) is 2. The molecule has 104 valence electrons. The van der Waals surface area contributed by atoms with Crippen LogP contribution in [0.15, 0.2) is 23.1 Å². The van der Waals surface area contributed by atoms with E-state index in [2.05, 4.69) is 0 Å². The van der Waals surface area contributed by atoms with Gasteiger partial charge in [0.05, 0.1) is 11.6 Å². The average Bonchev–Trinajstić information content (AvgIpc) is 3.09. The number of rotatable bonds is 2. The molecular formula is C13H8F3NO3. The van der Waals surface area contributed by atoms with Gasteiger partial charge in [0.2, 0.25) is 5.43 Å². The van der Waals surface area contributed by atoms with Crippen LogP contribution in [0.1, 0.15) is 22.8 Å². The molecule has 2 atom stereocenters. The number of carboxylic acid groups (broad SMARTS) is 1. The molecule has 1 heterocycles. The Morgan fingerprint density at radius 3 is 2.45 bits per heavy atom. The summed E-state index contributed by atoms with van der Waals surface area (Å²) in [5.41, 5.74) is -1.52. The number of benzene rings is 1. The van der Waals surface area contributed by atoms with E-state index in [4.69, 9.17) is 5.11 Å². The molecule has 1 N–H and O–H groups in total. The van der Waals surface area contributed by atoms with Gasteiger partial charge in [-0.3, -0.25) is 4.79 Å². The van der Waals surface area contributed by atoms with Crippen molar-refractivity contribution >= 4 is 16.9 Å². The molecule has 4 nitrogen and oxygen atoms in total. The minimum Gasteiger partial charge on any atom is -0.477 e. The molecule has 1 aliphatic rings. The fourth-order valence-electron chi connectivity index (χ4n) is 2.21. The van der Waals surface area contributed by atoms with E-state index in [-0.39, 0.29) is 17.3 Å². The molecule has 0 bridgehead atoms. The molecule has 0 amide bonds. The normalized spacial score (nSPS) is 21.1. The largest absolute Gasteiger partial charge is 0.477 e. The van der Waals surface area contributed by atoms with E-state index in [1.165, 1.54) is 4.57 Å². The molecule has 1 aromatic heterocycles. The number of carbonyl (C=O) groups is 1. The molecule has 0 radical (unpaired) electrons. The Kier molecular flexibility index (Phi) is 2.60. The minimum absolute atomic E-state index is 0.0101. The predicted molar refractivity (Wildman–Crippen MR) is 63.6 cm³/mol. The molecule has 0 spiro atoms. The second-order valence-corrected chi connectivity index (χ2v) is 4.69. The van der Waals surface area contributed by atoms with Crippen molar-refractivity contribution in [2.24, 2.45) is 0 Å². The lowest BCUT2D eigenvalue weighted by molar-refractivity contribution is 0.0694. The summed E-state index contributed by atoms with van der Waals surface area (Å²) < 4.78 is 40.9. The van der Waals surface area contributed by atoms with Crippen LogP contribution in [0.5, 0.6) is 0 Å². The Bertz CT molecular complexity index is 800. The van der Waals surface area contributed by atoms with Crippen molar-refractivity contribution < 1.29 is 23.1 Å². The van der Waals surface area contributed by atoms with Crippen LogP contribution < -0.4 is 5.43 Å². The first kappa shape index (κ1) is 12.7. The maximum atomic E-state index is 13.3. The third kappa shape index (κ3) is 1.77. The third-order valence-corrected chi connectivity index (χ3v) is 3.34. The molecular weight excluding hydrogens is 275 g/mol. The standard InChI is InChI=1S/C13H8F3NO3/c14-7-1-5-10(2-8(7)15)17(11-3-9(11)16)4-6(12(5)18)13(19)20/h1-2,4,9,11H,3H2,(H,19,20)/t9-,11+/m0/s1. The highest BCUT2D eigenvalue weighted by atomic mass is 19.2. The van der Waals surface area contributed by atoms with E-state index in [9.17, 15) is 22.8 Å². The summed E-state index contributed by atoms with van der Waals surface area (Å²) in [7, 11) is 0. The van der Waals surface area contributed by atoms with Crippen LogP contribution in [0.25, 0.3) is 10.9 Å². The first-order chi connectivity index (χ1) is 9.40. The van der Waals surface area contributed by atoms with Crippen molar-refractivity contribution in [1.82, 2.24) is 4.57 Å². The van der Waals surface area contributed by atoms with Gasteiger partial charge in [0.25, 0.3) is 0 Å². The number of halogens is 3. The zero-order chi connectivity index (χ0) is 14.6. The maximum absolute atomic E-state index is 13.3. The maximum Gasteiger partial charge on any atom is 0.341 e. The summed E-state index contributed by atoms with van der Waals surface area (Å²) in [6.45, 7) is 0. The van der Waals surface area contributed by atoms with Gasteiger partial charge in [-0.05, 0) is 6.07 Å². The van der Waals surface area contributed by atoms with E-state index < -0.39 is 40.8 Å². The van der Waals surface area contributed by atoms with Crippen molar-refractivity contribution in [1.29, 1.82) is 0 Å². The van der Waals surface area contributed by atoms with Crippen LogP contribution in [0.3, 0.4) is 0 Å². The van der Waals surface area contributed by atoms with Gasteiger partial charge in [0.15, 0.2) is 11.6 Å². The molecule has 2 aromatic rings. The number of hydrogen-bond donors (Lipinski definition) is 1. The molecule has 3 rings (SSSR count). The SMILES string of the molecule is O=C(O)c1cn([C@@H]2C[C@@H]2F)c2cc(F)c(F)cc2c1=O. The molecule has 1 saturated carbocycles. The quantitative estimate of drug-likeness (QED) is 0.919. The van der Waals surface area contributed by atoms with Crippen LogP contribution in [0, 0.1) is 11.6 Å². The van der Waals surface area contributed by atoms with Crippen molar-refractivity contribution in [2.45, 2.75) is 18.6 Å². The van der Waals surface area contributed by atoms with Crippen LogP contribution >= 0.6 is 0 Å². The van der Waals surface area contributed by atoms with E-state index in [0.717, 1.165) is 12.3 Å². The number of aromatic carboxylic acids is 1. The molecule has 0 aliphatic heterocycles. The fourth-order valence-corrected chi connectivity index (χ4v) is 2.21.